The highest BCUT2D eigenvalue weighted by Crippen LogP contribution is 2.38. The molecular weight excluding hydrogens is 170 g/mol. The lowest BCUT2D eigenvalue weighted by Crippen LogP contribution is -2.38. The molecule has 2 atom stereocenters. The fourth-order valence-corrected chi connectivity index (χ4v) is 2.56. The largest absolute Gasteiger partial charge is 0.313 e. The Morgan fingerprint density at radius 3 is 2.00 bits per heavy atom. The van der Waals surface area contributed by atoms with E-state index in [2.05, 4.69) is 26.1 Å². The first-order chi connectivity index (χ1) is 6.68. The van der Waals surface area contributed by atoms with Crippen molar-refractivity contribution in [1.82, 2.24) is 5.32 Å². The zero-order valence-corrected chi connectivity index (χ0v) is 9.92. The summed E-state index contributed by atoms with van der Waals surface area (Å²) < 4.78 is 0. The van der Waals surface area contributed by atoms with Gasteiger partial charge in [-0.3, -0.25) is 0 Å². The first-order valence-corrected chi connectivity index (χ1v) is 6.42. The van der Waals surface area contributed by atoms with Gasteiger partial charge in [-0.1, -0.05) is 20.8 Å². The maximum absolute atomic E-state index is 3.80. The Labute approximate surface area is 88.7 Å². The van der Waals surface area contributed by atoms with Crippen LogP contribution in [-0.4, -0.2) is 12.6 Å². The maximum Gasteiger partial charge on any atom is 0.0118 e. The van der Waals surface area contributed by atoms with Crippen LogP contribution in [0.15, 0.2) is 0 Å². The normalized spacial score (nSPS) is 26.6. The van der Waals surface area contributed by atoms with Crippen LogP contribution in [0.5, 0.6) is 0 Å². The fourth-order valence-electron chi connectivity index (χ4n) is 2.56. The first-order valence-electron chi connectivity index (χ1n) is 6.42. The van der Waals surface area contributed by atoms with Crippen LogP contribution in [0.25, 0.3) is 0 Å². The van der Waals surface area contributed by atoms with Gasteiger partial charge in [0.1, 0.15) is 0 Å². The van der Waals surface area contributed by atoms with Gasteiger partial charge in [0.05, 0.1) is 0 Å². The third-order valence-electron chi connectivity index (χ3n) is 3.95. The van der Waals surface area contributed by atoms with Gasteiger partial charge in [0.15, 0.2) is 0 Å². The molecule has 0 aromatic rings. The van der Waals surface area contributed by atoms with Crippen molar-refractivity contribution >= 4 is 0 Å². The monoisotopic (exact) mass is 195 g/mol. The Morgan fingerprint density at radius 1 is 1.00 bits per heavy atom. The van der Waals surface area contributed by atoms with Crippen LogP contribution in [0.1, 0.15) is 46.5 Å². The summed E-state index contributed by atoms with van der Waals surface area (Å²) in [6.45, 7) is 8.38. The Hall–Kier alpha value is -0.0400. The minimum atomic E-state index is 0.802. The van der Waals surface area contributed by atoms with E-state index >= 15 is 0 Å². The van der Waals surface area contributed by atoms with Crippen molar-refractivity contribution < 1.29 is 0 Å². The molecule has 2 fully saturated rings. The standard InChI is InChI=1S/C13H25N/c1-9(2)13(12-6-7-12)14-8-10(3)11-4-5-11/h9-14H,4-8H2,1-3H3. The Morgan fingerprint density at radius 2 is 1.57 bits per heavy atom. The SMILES string of the molecule is CC(C)C(NCC(C)C1CC1)C1CC1. The van der Waals surface area contributed by atoms with Crippen molar-refractivity contribution in [2.75, 3.05) is 6.54 Å². The van der Waals surface area contributed by atoms with E-state index in [9.17, 15) is 0 Å². The molecule has 14 heavy (non-hydrogen) atoms. The molecule has 0 heterocycles. The lowest BCUT2D eigenvalue weighted by atomic mass is 9.98. The van der Waals surface area contributed by atoms with Gasteiger partial charge >= 0.3 is 0 Å². The molecule has 2 unspecified atom stereocenters. The fraction of sp³-hybridized carbons (Fsp3) is 1.00. The Kier molecular flexibility index (Phi) is 3.16. The Bertz CT molecular complexity index is 178. The summed E-state index contributed by atoms with van der Waals surface area (Å²) in [5.41, 5.74) is 0. The summed E-state index contributed by atoms with van der Waals surface area (Å²) in [7, 11) is 0. The average Bonchev–Trinajstić information content (AvgIpc) is 2.99. The predicted octanol–water partition coefficient (Wildman–Crippen LogP) is 3.06. The van der Waals surface area contributed by atoms with Crippen molar-refractivity contribution in [3.05, 3.63) is 0 Å². The van der Waals surface area contributed by atoms with E-state index in [0.29, 0.717) is 0 Å². The minimum absolute atomic E-state index is 0.802. The predicted molar refractivity (Wildman–Crippen MR) is 61.2 cm³/mol. The molecule has 1 N–H and O–H groups in total. The number of rotatable bonds is 6. The first kappa shape index (κ1) is 10.5. The molecule has 1 nitrogen and oxygen atoms in total. The minimum Gasteiger partial charge on any atom is -0.313 e. The second kappa shape index (κ2) is 4.22. The van der Waals surface area contributed by atoms with Crippen molar-refractivity contribution in [1.29, 1.82) is 0 Å². The maximum atomic E-state index is 3.80. The van der Waals surface area contributed by atoms with Crippen molar-refractivity contribution in [3.8, 4) is 0 Å². The lowest BCUT2D eigenvalue weighted by molar-refractivity contribution is 0.328. The Balaban J connectivity index is 1.70. The summed E-state index contributed by atoms with van der Waals surface area (Å²) in [6, 6.07) is 0.802. The van der Waals surface area contributed by atoms with Gasteiger partial charge in [-0.05, 0) is 55.9 Å². The molecule has 2 saturated carbocycles. The van der Waals surface area contributed by atoms with Crippen LogP contribution >= 0.6 is 0 Å². The number of nitrogens with one attached hydrogen (secondary N) is 1. The van der Waals surface area contributed by atoms with Crippen LogP contribution in [0.3, 0.4) is 0 Å². The summed E-state index contributed by atoms with van der Waals surface area (Å²) in [4.78, 5) is 0. The summed E-state index contributed by atoms with van der Waals surface area (Å²) in [5, 5.41) is 3.80. The topological polar surface area (TPSA) is 12.0 Å². The van der Waals surface area contributed by atoms with E-state index < -0.39 is 0 Å². The number of hydrogen-bond acceptors (Lipinski definition) is 1. The van der Waals surface area contributed by atoms with E-state index in [1.165, 1.54) is 32.2 Å². The quantitative estimate of drug-likeness (QED) is 0.687. The van der Waals surface area contributed by atoms with E-state index in [0.717, 1.165) is 29.7 Å². The van der Waals surface area contributed by atoms with Gasteiger partial charge in [0.2, 0.25) is 0 Å². The molecule has 0 aromatic carbocycles. The zero-order valence-electron chi connectivity index (χ0n) is 9.92. The van der Waals surface area contributed by atoms with Gasteiger partial charge in [-0.25, -0.2) is 0 Å². The molecular formula is C13H25N. The summed E-state index contributed by atoms with van der Waals surface area (Å²) in [5.74, 6) is 3.78. The van der Waals surface area contributed by atoms with Crippen molar-refractivity contribution in [2.45, 2.75) is 52.5 Å². The van der Waals surface area contributed by atoms with Gasteiger partial charge in [0.25, 0.3) is 0 Å². The molecule has 0 aromatic heterocycles. The zero-order chi connectivity index (χ0) is 10.1. The highest BCUT2D eigenvalue weighted by Gasteiger charge is 2.34. The van der Waals surface area contributed by atoms with Crippen molar-refractivity contribution in [3.63, 3.8) is 0 Å². The van der Waals surface area contributed by atoms with Crippen LogP contribution in [0, 0.1) is 23.7 Å². The van der Waals surface area contributed by atoms with Crippen LogP contribution < -0.4 is 5.32 Å². The van der Waals surface area contributed by atoms with Gasteiger partial charge in [-0.2, -0.15) is 0 Å². The molecule has 2 aliphatic rings. The van der Waals surface area contributed by atoms with Gasteiger partial charge in [-0.15, -0.1) is 0 Å². The lowest BCUT2D eigenvalue weighted by Gasteiger charge is -2.24. The van der Waals surface area contributed by atoms with Crippen LogP contribution in [0.4, 0.5) is 0 Å². The second-order valence-electron chi connectivity index (χ2n) is 5.83. The highest BCUT2D eigenvalue weighted by atomic mass is 14.9. The molecule has 2 rings (SSSR count). The molecule has 0 amide bonds. The van der Waals surface area contributed by atoms with Crippen LogP contribution in [-0.2, 0) is 0 Å². The van der Waals surface area contributed by atoms with E-state index in [-0.39, 0.29) is 0 Å². The summed E-state index contributed by atoms with van der Waals surface area (Å²) >= 11 is 0. The molecule has 0 radical (unpaired) electrons. The molecule has 0 saturated heterocycles. The molecule has 0 bridgehead atoms. The molecule has 1 heteroatoms. The van der Waals surface area contributed by atoms with E-state index in [1.807, 2.05) is 0 Å². The van der Waals surface area contributed by atoms with E-state index in [4.69, 9.17) is 0 Å². The molecule has 2 aliphatic carbocycles. The third kappa shape index (κ3) is 2.73. The number of hydrogen-bond donors (Lipinski definition) is 1. The van der Waals surface area contributed by atoms with Gasteiger partial charge in [0, 0.05) is 6.04 Å². The smallest absolute Gasteiger partial charge is 0.0118 e. The van der Waals surface area contributed by atoms with Crippen LogP contribution in [0.2, 0.25) is 0 Å². The third-order valence-corrected chi connectivity index (χ3v) is 3.95. The van der Waals surface area contributed by atoms with E-state index in [1.54, 1.807) is 0 Å². The van der Waals surface area contributed by atoms with Crippen molar-refractivity contribution in [2.24, 2.45) is 23.7 Å². The highest BCUT2D eigenvalue weighted by molar-refractivity contribution is 4.89. The van der Waals surface area contributed by atoms with Gasteiger partial charge < -0.3 is 5.32 Å². The average molecular weight is 195 g/mol. The second-order valence-corrected chi connectivity index (χ2v) is 5.83. The molecule has 0 aliphatic heterocycles. The summed E-state index contributed by atoms with van der Waals surface area (Å²) in [6.07, 6.45) is 5.90. The molecule has 82 valence electrons. The molecule has 0 spiro atoms.